The van der Waals surface area contributed by atoms with Crippen LogP contribution in [0, 0.1) is 5.92 Å². The first-order valence-electron chi connectivity index (χ1n) is 5.42. The van der Waals surface area contributed by atoms with Gasteiger partial charge in [0, 0.05) is 18.8 Å². The number of aromatic nitrogens is 4. The van der Waals surface area contributed by atoms with Crippen LogP contribution in [0.1, 0.15) is 6.42 Å². The third-order valence-electron chi connectivity index (χ3n) is 2.92. The first kappa shape index (κ1) is 11.7. The molecular weight excluding hydrogens is 277 g/mol. The summed E-state index contributed by atoms with van der Waals surface area (Å²) in [5.41, 5.74) is 1.06. The van der Waals surface area contributed by atoms with Crippen molar-refractivity contribution in [1.82, 2.24) is 19.9 Å². The molecule has 3 heterocycles. The molecule has 0 bridgehead atoms. The Morgan fingerprint density at radius 3 is 3.06 bits per heavy atom. The summed E-state index contributed by atoms with van der Waals surface area (Å²) < 4.78 is 0. The fourth-order valence-corrected chi connectivity index (χ4v) is 2.44. The molecule has 0 aromatic carbocycles. The molecule has 6 nitrogen and oxygen atoms in total. The quantitative estimate of drug-likeness (QED) is 0.672. The first-order valence-corrected chi connectivity index (χ1v) is 6.33. The van der Waals surface area contributed by atoms with Gasteiger partial charge in [0.05, 0.1) is 6.33 Å². The van der Waals surface area contributed by atoms with Crippen LogP contribution in [0.15, 0.2) is 6.33 Å². The van der Waals surface area contributed by atoms with E-state index >= 15 is 0 Å². The number of nitrogens with one attached hydrogen (secondary N) is 1. The monoisotopic (exact) mass is 285 g/mol. The van der Waals surface area contributed by atoms with Gasteiger partial charge in [-0.15, -0.1) is 11.6 Å². The fraction of sp³-hybridized carbons (Fsp3) is 0.400. The Hall–Kier alpha value is -1.40. The zero-order valence-electron chi connectivity index (χ0n) is 9.23. The highest BCUT2D eigenvalue weighted by Crippen LogP contribution is 2.29. The molecule has 1 saturated heterocycles. The highest BCUT2D eigenvalue weighted by atomic mass is 35.5. The minimum atomic E-state index is -0.00804. The Morgan fingerprint density at radius 1 is 1.50 bits per heavy atom. The van der Waals surface area contributed by atoms with Crippen LogP contribution in [0.3, 0.4) is 0 Å². The maximum atomic E-state index is 12.0. The van der Waals surface area contributed by atoms with Crippen molar-refractivity contribution in [2.45, 2.75) is 6.42 Å². The molecule has 0 saturated carbocycles. The third kappa shape index (κ3) is 1.81. The van der Waals surface area contributed by atoms with E-state index in [9.17, 15) is 4.79 Å². The smallest absolute Gasteiger partial charge is 0.228 e. The minimum absolute atomic E-state index is 0.00804. The van der Waals surface area contributed by atoms with Crippen molar-refractivity contribution in [3.8, 4) is 0 Å². The fourth-order valence-electron chi connectivity index (χ4n) is 2.08. The number of carbonyl (C=O) groups excluding carboxylic acids is 1. The number of hydrogen-bond donors (Lipinski definition) is 1. The average molecular weight is 286 g/mol. The molecule has 2 aromatic rings. The zero-order chi connectivity index (χ0) is 12.7. The van der Waals surface area contributed by atoms with Crippen LogP contribution >= 0.6 is 23.2 Å². The molecular formula is C10H9Cl2N5O. The van der Waals surface area contributed by atoms with E-state index in [1.807, 2.05) is 0 Å². The lowest BCUT2D eigenvalue weighted by Gasteiger charge is -2.15. The molecule has 1 aliphatic rings. The van der Waals surface area contributed by atoms with Gasteiger partial charge in [-0.25, -0.2) is 4.98 Å². The predicted molar refractivity (Wildman–Crippen MR) is 67.9 cm³/mol. The van der Waals surface area contributed by atoms with E-state index in [1.165, 1.54) is 6.33 Å². The second kappa shape index (κ2) is 4.37. The summed E-state index contributed by atoms with van der Waals surface area (Å²) in [5.74, 6) is 1.06. The summed E-state index contributed by atoms with van der Waals surface area (Å²) in [6, 6.07) is 0. The number of hydrogen-bond acceptors (Lipinski definition) is 4. The number of aromatic amines is 1. The Labute approximate surface area is 112 Å². The standard InChI is InChI=1S/C10H9Cl2N5O/c11-2-5-1-6(18)17(3-5)9-7-8(14-4-13-7)15-10(12)16-9/h4-5H,1-3H2,(H,13,14,15,16). The normalized spacial score (nSPS) is 20.0. The molecule has 1 amide bonds. The maximum Gasteiger partial charge on any atom is 0.228 e. The largest absolute Gasteiger partial charge is 0.340 e. The van der Waals surface area contributed by atoms with Crippen LogP contribution in [0.25, 0.3) is 11.2 Å². The van der Waals surface area contributed by atoms with Crippen LogP contribution in [-0.4, -0.2) is 38.3 Å². The minimum Gasteiger partial charge on any atom is -0.340 e. The lowest BCUT2D eigenvalue weighted by molar-refractivity contribution is -0.117. The van der Waals surface area contributed by atoms with Crippen molar-refractivity contribution in [1.29, 1.82) is 0 Å². The second-order valence-electron chi connectivity index (χ2n) is 4.15. The Morgan fingerprint density at radius 2 is 2.33 bits per heavy atom. The van der Waals surface area contributed by atoms with Crippen LogP contribution in [0.5, 0.6) is 0 Å². The number of fused-ring (bicyclic) bond motifs is 1. The summed E-state index contributed by atoms with van der Waals surface area (Å²) in [5, 5.41) is 0.0757. The number of nitrogens with zero attached hydrogens (tertiary/aromatic N) is 4. The number of halogens is 2. The molecule has 1 N–H and O–H groups in total. The highest BCUT2D eigenvalue weighted by Gasteiger charge is 2.32. The van der Waals surface area contributed by atoms with Crippen molar-refractivity contribution in [2.24, 2.45) is 5.92 Å². The van der Waals surface area contributed by atoms with Gasteiger partial charge in [0.2, 0.25) is 11.2 Å². The number of alkyl halides is 1. The number of rotatable bonds is 2. The van der Waals surface area contributed by atoms with Gasteiger partial charge < -0.3 is 4.98 Å². The molecule has 94 valence electrons. The van der Waals surface area contributed by atoms with Crippen molar-refractivity contribution >= 4 is 46.1 Å². The summed E-state index contributed by atoms with van der Waals surface area (Å²) >= 11 is 11.6. The maximum absolute atomic E-state index is 12.0. The first-order chi connectivity index (χ1) is 8.69. The van der Waals surface area contributed by atoms with Crippen LogP contribution < -0.4 is 4.90 Å². The van der Waals surface area contributed by atoms with Gasteiger partial charge in [-0.2, -0.15) is 9.97 Å². The molecule has 0 radical (unpaired) electrons. The number of imidazole rings is 1. The van der Waals surface area contributed by atoms with Gasteiger partial charge in [-0.1, -0.05) is 0 Å². The van der Waals surface area contributed by atoms with Crippen LogP contribution in [-0.2, 0) is 4.79 Å². The third-order valence-corrected chi connectivity index (χ3v) is 3.52. The van der Waals surface area contributed by atoms with Gasteiger partial charge in [-0.05, 0) is 17.5 Å². The Bertz CT molecular complexity index is 613. The van der Waals surface area contributed by atoms with Crippen LogP contribution in [0.2, 0.25) is 5.28 Å². The zero-order valence-corrected chi connectivity index (χ0v) is 10.7. The van der Waals surface area contributed by atoms with Crippen molar-refractivity contribution in [3.63, 3.8) is 0 Å². The highest BCUT2D eigenvalue weighted by molar-refractivity contribution is 6.28. The Balaban J connectivity index is 2.09. The van der Waals surface area contributed by atoms with Crippen LogP contribution in [0.4, 0.5) is 5.82 Å². The van der Waals surface area contributed by atoms with Gasteiger partial charge >= 0.3 is 0 Å². The molecule has 1 unspecified atom stereocenters. The van der Waals surface area contributed by atoms with Gasteiger partial charge in [0.1, 0.15) is 5.52 Å². The molecule has 1 aliphatic heterocycles. The summed E-state index contributed by atoms with van der Waals surface area (Å²) in [6.45, 7) is 0.545. The lowest BCUT2D eigenvalue weighted by Crippen LogP contribution is -2.26. The van der Waals surface area contributed by atoms with Gasteiger partial charge in [0.15, 0.2) is 11.5 Å². The summed E-state index contributed by atoms with van der Waals surface area (Å²) in [7, 11) is 0. The average Bonchev–Trinajstić information content (AvgIpc) is 2.94. The molecule has 8 heteroatoms. The SMILES string of the molecule is O=C1CC(CCl)CN1c1nc(Cl)nc2nc[nH]c12. The lowest BCUT2D eigenvalue weighted by atomic mass is 10.1. The predicted octanol–water partition coefficient (Wildman–Crippen LogP) is 1.60. The van der Waals surface area contributed by atoms with Gasteiger partial charge in [-0.3, -0.25) is 9.69 Å². The number of amides is 1. The number of anilines is 1. The van der Waals surface area contributed by atoms with Crippen molar-refractivity contribution < 1.29 is 4.79 Å². The molecule has 1 fully saturated rings. The van der Waals surface area contributed by atoms with E-state index in [-0.39, 0.29) is 17.1 Å². The molecule has 3 rings (SSSR count). The van der Waals surface area contributed by atoms with E-state index in [0.29, 0.717) is 35.8 Å². The van der Waals surface area contributed by atoms with E-state index in [0.717, 1.165) is 0 Å². The van der Waals surface area contributed by atoms with Gasteiger partial charge in [0.25, 0.3) is 0 Å². The van der Waals surface area contributed by atoms with Crippen molar-refractivity contribution in [3.05, 3.63) is 11.6 Å². The number of H-pyrrole nitrogens is 1. The van der Waals surface area contributed by atoms with E-state index in [2.05, 4.69) is 19.9 Å². The molecule has 2 aromatic heterocycles. The van der Waals surface area contributed by atoms with E-state index in [4.69, 9.17) is 23.2 Å². The summed E-state index contributed by atoms with van der Waals surface area (Å²) in [4.78, 5) is 28.6. The van der Waals surface area contributed by atoms with E-state index in [1.54, 1.807) is 4.90 Å². The molecule has 1 atom stereocenters. The second-order valence-corrected chi connectivity index (χ2v) is 4.79. The number of carbonyl (C=O) groups is 1. The topological polar surface area (TPSA) is 74.8 Å². The summed E-state index contributed by atoms with van der Waals surface area (Å²) in [6.07, 6.45) is 1.93. The van der Waals surface area contributed by atoms with E-state index < -0.39 is 0 Å². The molecule has 0 aliphatic carbocycles. The molecule has 0 spiro atoms. The Kier molecular flexibility index (Phi) is 2.83. The molecule has 18 heavy (non-hydrogen) atoms. The van der Waals surface area contributed by atoms with Crippen molar-refractivity contribution in [2.75, 3.05) is 17.3 Å².